The van der Waals surface area contributed by atoms with Gasteiger partial charge >= 0.3 is 0 Å². The number of rotatable bonds is 0. The van der Waals surface area contributed by atoms with Gasteiger partial charge in [0, 0.05) is 12.4 Å². The molecule has 0 aromatic carbocycles. The van der Waals surface area contributed by atoms with E-state index in [9.17, 15) is 4.39 Å². The Morgan fingerprint density at radius 3 is 3.17 bits per heavy atom. The minimum absolute atomic E-state index is 0.282. The van der Waals surface area contributed by atoms with Gasteiger partial charge in [-0.2, -0.15) is 5.26 Å². The van der Waals surface area contributed by atoms with Gasteiger partial charge in [-0.25, -0.2) is 9.37 Å². The van der Waals surface area contributed by atoms with Crippen LogP contribution in [0.4, 0.5) is 4.39 Å². The molecule has 0 bridgehead atoms. The van der Waals surface area contributed by atoms with Gasteiger partial charge in [-0.15, -0.1) is 0 Å². The van der Waals surface area contributed by atoms with Gasteiger partial charge in [0.15, 0.2) is 0 Å². The van der Waals surface area contributed by atoms with Crippen molar-refractivity contribution in [2.75, 3.05) is 0 Å². The molecule has 2 aromatic rings. The normalized spacial score (nSPS) is 10.0. The lowest BCUT2D eigenvalue weighted by atomic mass is 10.3. The molecule has 3 nitrogen and oxygen atoms in total. The second-order valence-electron chi connectivity index (χ2n) is 2.36. The summed E-state index contributed by atoms with van der Waals surface area (Å²) in [5.41, 5.74) is 0.878. The summed E-state index contributed by atoms with van der Waals surface area (Å²) in [5, 5.41) is 8.89. The van der Waals surface area contributed by atoms with E-state index in [-0.39, 0.29) is 11.5 Å². The molecule has 0 radical (unpaired) electrons. The molecule has 0 spiro atoms. The highest BCUT2D eigenvalue weighted by Crippen LogP contribution is 2.15. The second-order valence-corrected chi connectivity index (χ2v) is 2.36. The molecule has 0 unspecified atom stereocenters. The molecule has 0 amide bonds. The van der Waals surface area contributed by atoms with E-state index < -0.39 is 0 Å². The smallest absolute Gasteiger partial charge is 0.150 e. The van der Waals surface area contributed by atoms with E-state index in [0.717, 1.165) is 0 Å². The Labute approximate surface area is 67.5 Å². The Morgan fingerprint density at radius 2 is 2.42 bits per heavy atom. The highest BCUT2D eigenvalue weighted by molar-refractivity contribution is 5.79. The van der Waals surface area contributed by atoms with Crippen LogP contribution < -0.4 is 0 Å². The van der Waals surface area contributed by atoms with Crippen molar-refractivity contribution in [3.63, 3.8) is 0 Å². The summed E-state index contributed by atoms with van der Waals surface area (Å²) in [6, 6.07) is 3.39. The fraction of sp³-hybridized carbons (Fsp3) is 0. The number of fused-ring (bicyclic) bond motifs is 1. The first-order valence-corrected chi connectivity index (χ1v) is 3.34. The van der Waals surface area contributed by atoms with Gasteiger partial charge in [-0.1, -0.05) is 0 Å². The molecule has 2 rings (SSSR count). The molecule has 2 heterocycles. The van der Waals surface area contributed by atoms with Gasteiger partial charge in [0.2, 0.25) is 0 Å². The molecule has 1 N–H and O–H groups in total. The summed E-state index contributed by atoms with van der Waals surface area (Å²) in [7, 11) is 0. The van der Waals surface area contributed by atoms with Crippen LogP contribution in [0.15, 0.2) is 18.5 Å². The molecule has 2 aromatic heterocycles. The number of pyridine rings is 1. The molecule has 0 saturated heterocycles. The molecule has 58 valence electrons. The van der Waals surface area contributed by atoms with Crippen LogP contribution in [0.5, 0.6) is 0 Å². The van der Waals surface area contributed by atoms with Gasteiger partial charge in [0.05, 0.1) is 10.9 Å². The van der Waals surface area contributed by atoms with Crippen LogP contribution in [-0.4, -0.2) is 9.97 Å². The van der Waals surface area contributed by atoms with E-state index in [1.54, 1.807) is 0 Å². The van der Waals surface area contributed by atoms with Crippen molar-refractivity contribution in [1.29, 1.82) is 5.26 Å². The lowest BCUT2D eigenvalue weighted by Gasteiger charge is -1.88. The Balaban J connectivity index is 2.80. The molecular weight excluding hydrogens is 157 g/mol. The van der Waals surface area contributed by atoms with Crippen molar-refractivity contribution in [2.24, 2.45) is 0 Å². The number of nitriles is 1. The summed E-state index contributed by atoms with van der Waals surface area (Å²) in [5.74, 6) is -0.345. The quantitative estimate of drug-likeness (QED) is 0.637. The topological polar surface area (TPSA) is 52.5 Å². The predicted molar refractivity (Wildman–Crippen MR) is 40.8 cm³/mol. The lowest BCUT2D eigenvalue weighted by molar-refractivity contribution is 0.639. The number of hydrogen-bond acceptors (Lipinski definition) is 2. The van der Waals surface area contributed by atoms with Crippen molar-refractivity contribution in [2.45, 2.75) is 0 Å². The average Bonchev–Trinajstić information content (AvgIpc) is 2.47. The summed E-state index contributed by atoms with van der Waals surface area (Å²) in [6.07, 6.45) is 2.59. The van der Waals surface area contributed by atoms with Gasteiger partial charge in [0.25, 0.3) is 0 Å². The van der Waals surface area contributed by atoms with E-state index in [2.05, 4.69) is 9.97 Å². The number of hydrogen-bond donors (Lipinski definition) is 1. The number of nitrogens with zero attached hydrogens (tertiary/aromatic N) is 2. The third kappa shape index (κ3) is 0.839. The van der Waals surface area contributed by atoms with Gasteiger partial charge < -0.3 is 4.98 Å². The SMILES string of the molecule is N#Cc1cc2[nH]cc(F)c2cn1. The molecule has 12 heavy (non-hydrogen) atoms. The monoisotopic (exact) mass is 161 g/mol. The average molecular weight is 161 g/mol. The van der Waals surface area contributed by atoms with Gasteiger partial charge in [0.1, 0.15) is 17.6 Å². The molecule has 0 saturated carbocycles. The Bertz CT molecular complexity index is 467. The fourth-order valence-corrected chi connectivity index (χ4v) is 1.05. The van der Waals surface area contributed by atoms with Crippen LogP contribution in [0.1, 0.15) is 5.69 Å². The third-order valence-electron chi connectivity index (χ3n) is 1.63. The molecule has 0 fully saturated rings. The maximum Gasteiger partial charge on any atom is 0.150 e. The fourth-order valence-electron chi connectivity index (χ4n) is 1.05. The zero-order valence-electron chi connectivity index (χ0n) is 6.00. The minimum Gasteiger partial charge on any atom is -0.358 e. The standard InChI is InChI=1S/C8H4FN3/c9-7-4-12-8-1-5(2-10)11-3-6(7)8/h1,3-4,12H. The Kier molecular flexibility index (Phi) is 1.31. The lowest BCUT2D eigenvalue weighted by Crippen LogP contribution is -1.80. The van der Waals surface area contributed by atoms with Crippen LogP contribution in [0.2, 0.25) is 0 Å². The first-order chi connectivity index (χ1) is 5.81. The Hall–Kier alpha value is -1.89. The first kappa shape index (κ1) is 6.80. The summed E-state index contributed by atoms with van der Waals surface area (Å²) >= 11 is 0. The minimum atomic E-state index is -0.345. The number of H-pyrrole nitrogens is 1. The van der Waals surface area contributed by atoms with Crippen LogP contribution in [0, 0.1) is 17.1 Å². The van der Waals surface area contributed by atoms with Crippen LogP contribution in [0.25, 0.3) is 10.9 Å². The zero-order valence-corrected chi connectivity index (χ0v) is 6.00. The summed E-state index contributed by atoms with van der Waals surface area (Å²) < 4.78 is 12.8. The van der Waals surface area contributed by atoms with Crippen molar-refractivity contribution >= 4 is 10.9 Å². The van der Waals surface area contributed by atoms with Crippen LogP contribution in [0.3, 0.4) is 0 Å². The van der Waals surface area contributed by atoms with Crippen LogP contribution >= 0.6 is 0 Å². The van der Waals surface area contributed by atoms with E-state index in [1.165, 1.54) is 18.5 Å². The van der Waals surface area contributed by atoms with Crippen molar-refractivity contribution in [3.05, 3.63) is 30.0 Å². The maximum absolute atomic E-state index is 12.8. The van der Waals surface area contributed by atoms with E-state index in [4.69, 9.17) is 5.26 Å². The highest BCUT2D eigenvalue weighted by Gasteiger charge is 2.03. The number of halogens is 1. The third-order valence-corrected chi connectivity index (χ3v) is 1.63. The highest BCUT2D eigenvalue weighted by atomic mass is 19.1. The van der Waals surface area contributed by atoms with Crippen LogP contribution in [-0.2, 0) is 0 Å². The largest absolute Gasteiger partial charge is 0.358 e. The van der Waals surface area contributed by atoms with E-state index in [1.807, 2.05) is 6.07 Å². The van der Waals surface area contributed by atoms with Crippen molar-refractivity contribution < 1.29 is 4.39 Å². The van der Waals surface area contributed by atoms with E-state index >= 15 is 0 Å². The Morgan fingerprint density at radius 1 is 1.58 bits per heavy atom. The van der Waals surface area contributed by atoms with Crippen molar-refractivity contribution in [1.82, 2.24) is 9.97 Å². The number of nitrogens with one attached hydrogen (secondary N) is 1. The molecule has 0 aliphatic rings. The maximum atomic E-state index is 12.8. The van der Waals surface area contributed by atoms with Gasteiger partial charge in [-0.05, 0) is 6.07 Å². The summed E-state index contributed by atoms with van der Waals surface area (Å²) in [4.78, 5) is 6.43. The number of aromatic amines is 1. The summed E-state index contributed by atoms with van der Waals surface area (Å²) in [6.45, 7) is 0. The van der Waals surface area contributed by atoms with Gasteiger partial charge in [-0.3, -0.25) is 0 Å². The zero-order chi connectivity index (χ0) is 8.55. The van der Waals surface area contributed by atoms with E-state index in [0.29, 0.717) is 10.9 Å². The molecule has 0 atom stereocenters. The molecular formula is C8H4FN3. The first-order valence-electron chi connectivity index (χ1n) is 3.34. The van der Waals surface area contributed by atoms with Crippen molar-refractivity contribution in [3.8, 4) is 6.07 Å². The predicted octanol–water partition coefficient (Wildman–Crippen LogP) is 1.57. The molecule has 4 heteroatoms. The molecule has 0 aliphatic carbocycles. The second kappa shape index (κ2) is 2.31. The molecule has 0 aliphatic heterocycles. The number of aromatic nitrogens is 2.